The number of aromatic nitrogens is 3. The van der Waals surface area contributed by atoms with Crippen LogP contribution in [-0.2, 0) is 9.59 Å². The molecule has 2 aliphatic rings. The first-order valence-electron chi connectivity index (χ1n) is 11.7. The number of ether oxygens (including phenoxy) is 1. The molecule has 2 N–H and O–H groups in total. The zero-order valence-electron chi connectivity index (χ0n) is 19.7. The highest BCUT2D eigenvalue weighted by Gasteiger charge is 2.57. The summed E-state index contributed by atoms with van der Waals surface area (Å²) >= 11 is 6.22. The van der Waals surface area contributed by atoms with Crippen LogP contribution in [0.1, 0.15) is 12.8 Å². The summed E-state index contributed by atoms with van der Waals surface area (Å²) in [6.45, 7) is 0.465. The number of imide groups is 2. The Balaban J connectivity index is 1.16. The Morgan fingerprint density at radius 1 is 0.974 bits per heavy atom. The molecule has 0 aliphatic carbocycles. The number of benzene rings is 2. The monoisotopic (exact) mass is 530 g/mol. The Hall–Kier alpha value is -4.77. The maximum Gasteiger partial charge on any atom is 0.328 e. The number of nitrogens with one attached hydrogen (secondary N) is 2. The van der Waals surface area contributed by atoms with Crippen LogP contribution in [0, 0.1) is 0 Å². The Kier molecular flexibility index (Phi) is 5.76. The van der Waals surface area contributed by atoms with E-state index in [1.807, 2.05) is 18.2 Å². The molecule has 2 saturated heterocycles. The van der Waals surface area contributed by atoms with Crippen LogP contribution < -0.4 is 20.3 Å². The fraction of sp³-hybridized carbons (Fsp3) is 0.154. The van der Waals surface area contributed by atoms with E-state index in [9.17, 15) is 14.4 Å². The van der Waals surface area contributed by atoms with E-state index in [1.54, 1.807) is 47.4 Å². The van der Waals surface area contributed by atoms with Gasteiger partial charge in [0.15, 0.2) is 5.54 Å². The Bertz CT molecular complexity index is 1530. The second kappa shape index (κ2) is 9.27. The van der Waals surface area contributed by atoms with Crippen molar-refractivity contribution in [3.8, 4) is 34.5 Å². The minimum absolute atomic E-state index is 0.294. The first-order valence-corrected chi connectivity index (χ1v) is 12.1. The molecular weight excluding hydrogens is 512 g/mol. The van der Waals surface area contributed by atoms with E-state index in [4.69, 9.17) is 20.9 Å². The molecule has 190 valence electrons. The van der Waals surface area contributed by atoms with Gasteiger partial charge in [0.1, 0.15) is 5.75 Å². The first kappa shape index (κ1) is 23.6. The third kappa shape index (κ3) is 4.02. The summed E-state index contributed by atoms with van der Waals surface area (Å²) in [4.78, 5) is 47.3. The predicted octanol–water partition coefficient (Wildman–Crippen LogP) is 3.95. The molecule has 2 aromatic heterocycles. The summed E-state index contributed by atoms with van der Waals surface area (Å²) in [5, 5.41) is 8.94. The number of carbonyl (C=O) groups is 3. The van der Waals surface area contributed by atoms with Crippen LogP contribution in [0.25, 0.3) is 22.8 Å². The van der Waals surface area contributed by atoms with Crippen molar-refractivity contribution < 1.29 is 23.6 Å². The number of urea groups is 1. The molecule has 12 heteroatoms. The fourth-order valence-corrected chi connectivity index (χ4v) is 4.88. The number of halogens is 1. The van der Waals surface area contributed by atoms with Crippen LogP contribution in [-0.4, -0.2) is 45.1 Å². The molecule has 0 saturated carbocycles. The molecule has 2 aliphatic heterocycles. The summed E-state index contributed by atoms with van der Waals surface area (Å²) < 4.78 is 11.2. The summed E-state index contributed by atoms with van der Waals surface area (Å²) in [6, 6.07) is 16.8. The van der Waals surface area contributed by atoms with Gasteiger partial charge in [-0.25, -0.2) is 9.78 Å². The van der Waals surface area contributed by atoms with Crippen molar-refractivity contribution >= 4 is 35.1 Å². The molecule has 4 amide bonds. The lowest BCUT2D eigenvalue weighted by molar-refractivity contribution is -0.137. The van der Waals surface area contributed by atoms with Crippen molar-refractivity contribution in [2.24, 2.45) is 0 Å². The predicted molar refractivity (Wildman–Crippen MR) is 135 cm³/mol. The number of pyridine rings is 1. The van der Waals surface area contributed by atoms with Crippen molar-refractivity contribution in [3.05, 3.63) is 71.9 Å². The van der Waals surface area contributed by atoms with Crippen LogP contribution in [0.3, 0.4) is 0 Å². The molecule has 0 radical (unpaired) electrons. The van der Waals surface area contributed by atoms with Gasteiger partial charge in [-0.15, -0.1) is 0 Å². The molecule has 0 bridgehead atoms. The molecule has 0 atom stereocenters. The zero-order chi connectivity index (χ0) is 26.3. The molecule has 1 spiro atoms. The number of anilines is 1. The van der Waals surface area contributed by atoms with E-state index in [0.29, 0.717) is 64.6 Å². The van der Waals surface area contributed by atoms with Crippen LogP contribution in [0.4, 0.5) is 10.5 Å². The van der Waals surface area contributed by atoms with Gasteiger partial charge >= 0.3 is 6.03 Å². The number of amides is 4. The molecule has 6 rings (SSSR count). The van der Waals surface area contributed by atoms with Crippen molar-refractivity contribution in [2.75, 3.05) is 11.4 Å². The summed E-state index contributed by atoms with van der Waals surface area (Å²) in [5.74, 6) is 0.313. The van der Waals surface area contributed by atoms with Gasteiger partial charge in [0.05, 0.1) is 16.9 Å². The lowest BCUT2D eigenvalue weighted by Gasteiger charge is -2.38. The van der Waals surface area contributed by atoms with Gasteiger partial charge in [-0.2, -0.15) is 4.98 Å². The molecule has 4 aromatic rings. The lowest BCUT2D eigenvalue weighted by Crippen LogP contribution is -2.71. The van der Waals surface area contributed by atoms with Gasteiger partial charge < -0.3 is 14.2 Å². The Labute approximate surface area is 220 Å². The zero-order valence-corrected chi connectivity index (χ0v) is 20.4. The highest BCUT2D eigenvalue weighted by molar-refractivity contribution is 6.33. The Morgan fingerprint density at radius 2 is 1.74 bits per heavy atom. The van der Waals surface area contributed by atoms with Crippen molar-refractivity contribution in [3.63, 3.8) is 0 Å². The van der Waals surface area contributed by atoms with Gasteiger partial charge in [0.25, 0.3) is 17.7 Å². The van der Waals surface area contributed by atoms with E-state index >= 15 is 0 Å². The van der Waals surface area contributed by atoms with Gasteiger partial charge in [-0.1, -0.05) is 28.9 Å². The number of rotatable bonds is 5. The van der Waals surface area contributed by atoms with Crippen LogP contribution in [0.15, 0.2) is 71.4 Å². The standard InChI is InChI=1S/C26H19ClN6O5/c27-19-5-2-1-4-18(19)21-29-22(38-32-21)15-6-9-17(10-7-15)37-20-11-8-16(14-28-20)33-13-3-12-26(33)23(34)30-25(36)31-24(26)35/h1-2,4-11,14H,3,12-13H2,(H2,30,31,34,35,36). The van der Waals surface area contributed by atoms with Crippen molar-refractivity contribution in [2.45, 2.75) is 18.4 Å². The van der Waals surface area contributed by atoms with E-state index < -0.39 is 23.4 Å². The average molecular weight is 531 g/mol. The van der Waals surface area contributed by atoms with Crippen molar-refractivity contribution in [1.29, 1.82) is 0 Å². The molecule has 0 unspecified atom stereocenters. The average Bonchev–Trinajstić information content (AvgIpc) is 3.58. The van der Waals surface area contributed by atoms with E-state index in [1.165, 1.54) is 6.20 Å². The van der Waals surface area contributed by atoms with Crippen LogP contribution in [0.5, 0.6) is 11.6 Å². The third-order valence-electron chi connectivity index (χ3n) is 6.48. The summed E-state index contributed by atoms with van der Waals surface area (Å²) in [6.07, 6.45) is 2.43. The highest BCUT2D eigenvalue weighted by atomic mass is 35.5. The Morgan fingerprint density at radius 3 is 2.45 bits per heavy atom. The number of barbiturate groups is 1. The van der Waals surface area contributed by atoms with Crippen molar-refractivity contribution in [1.82, 2.24) is 25.8 Å². The number of carbonyl (C=O) groups excluding carboxylic acids is 3. The van der Waals surface area contributed by atoms with E-state index in [0.717, 1.165) is 0 Å². The molecule has 4 heterocycles. The number of hydrogen-bond donors (Lipinski definition) is 2. The minimum Gasteiger partial charge on any atom is -0.439 e. The first-order chi connectivity index (χ1) is 18.4. The van der Waals surface area contributed by atoms with Gasteiger partial charge in [-0.05, 0) is 55.3 Å². The van der Waals surface area contributed by atoms with Gasteiger partial charge in [0.2, 0.25) is 11.7 Å². The fourth-order valence-electron chi connectivity index (χ4n) is 4.66. The number of hydrogen-bond acceptors (Lipinski definition) is 9. The minimum atomic E-state index is -1.48. The largest absolute Gasteiger partial charge is 0.439 e. The van der Waals surface area contributed by atoms with Gasteiger partial charge in [0, 0.05) is 23.7 Å². The maximum absolute atomic E-state index is 12.6. The van der Waals surface area contributed by atoms with E-state index in [-0.39, 0.29) is 0 Å². The number of nitrogens with zero attached hydrogens (tertiary/aromatic N) is 4. The second-order valence-corrected chi connectivity index (χ2v) is 9.14. The topological polar surface area (TPSA) is 140 Å². The second-order valence-electron chi connectivity index (χ2n) is 8.74. The molecule has 38 heavy (non-hydrogen) atoms. The van der Waals surface area contributed by atoms with Crippen LogP contribution >= 0.6 is 11.6 Å². The summed E-state index contributed by atoms with van der Waals surface area (Å²) in [5.41, 5.74) is 0.467. The smallest absolute Gasteiger partial charge is 0.328 e. The van der Waals surface area contributed by atoms with Crippen LogP contribution in [0.2, 0.25) is 5.02 Å². The molecule has 2 aromatic carbocycles. The highest BCUT2D eigenvalue weighted by Crippen LogP contribution is 2.36. The summed E-state index contributed by atoms with van der Waals surface area (Å²) in [7, 11) is 0. The molecule has 11 nitrogen and oxygen atoms in total. The van der Waals surface area contributed by atoms with Gasteiger partial charge in [-0.3, -0.25) is 20.2 Å². The van der Waals surface area contributed by atoms with E-state index in [2.05, 4.69) is 25.8 Å². The quantitative estimate of drug-likeness (QED) is 0.367. The molecule has 2 fully saturated rings. The lowest BCUT2D eigenvalue weighted by atomic mass is 9.92. The maximum atomic E-state index is 12.6. The SMILES string of the molecule is O=C1NC(=O)C2(CCCN2c2ccc(Oc3ccc(-c4nc(-c5ccccc5Cl)no4)cc3)nc2)C(=O)N1. The third-order valence-corrected chi connectivity index (χ3v) is 6.81. The molecular formula is C26H19ClN6O5. The normalized spacial score (nSPS) is 16.4.